The van der Waals surface area contributed by atoms with E-state index in [9.17, 15) is 9.18 Å². The summed E-state index contributed by atoms with van der Waals surface area (Å²) in [7, 11) is 0. The maximum atomic E-state index is 13.5. The zero-order valence-electron chi connectivity index (χ0n) is 15.4. The summed E-state index contributed by atoms with van der Waals surface area (Å²) < 4.78 is 19.3. The van der Waals surface area contributed by atoms with Crippen LogP contribution in [0, 0.1) is 5.82 Å². The van der Waals surface area contributed by atoms with Crippen molar-refractivity contribution < 1.29 is 13.9 Å². The number of hydrogen-bond acceptors (Lipinski definition) is 3. The molecule has 5 rings (SSSR count). The highest BCUT2D eigenvalue weighted by Gasteiger charge is 2.21. The summed E-state index contributed by atoms with van der Waals surface area (Å²) in [6.45, 7) is 0.377. The third-order valence-corrected chi connectivity index (χ3v) is 5.02. The van der Waals surface area contributed by atoms with E-state index in [1.807, 2.05) is 66.7 Å². The zero-order chi connectivity index (χ0) is 19.8. The molecule has 1 aromatic heterocycles. The summed E-state index contributed by atoms with van der Waals surface area (Å²) in [6, 6.07) is 21.4. The van der Waals surface area contributed by atoms with Crippen LogP contribution in [0.3, 0.4) is 0 Å². The standard InChI is InChI=1S/C25H16FNO2/c26-19-9-7-17-8-11-20(27-23(17)14-19)10-5-16-6-12-24-22(13-16)25(28)21-4-2-1-3-18(21)15-29-24/h1-14H,15H2. The topological polar surface area (TPSA) is 39.2 Å². The van der Waals surface area contributed by atoms with Gasteiger partial charge in [0.05, 0.1) is 16.8 Å². The number of halogens is 1. The number of hydrogen-bond donors (Lipinski definition) is 0. The summed E-state index contributed by atoms with van der Waals surface area (Å²) in [6.07, 6.45) is 3.74. The first-order valence-corrected chi connectivity index (χ1v) is 9.31. The van der Waals surface area contributed by atoms with Crippen molar-refractivity contribution in [2.75, 3.05) is 0 Å². The Kier molecular flexibility index (Phi) is 4.17. The molecule has 2 heterocycles. The van der Waals surface area contributed by atoms with Gasteiger partial charge >= 0.3 is 0 Å². The molecular weight excluding hydrogens is 365 g/mol. The number of aromatic nitrogens is 1. The molecule has 4 heteroatoms. The number of benzene rings is 3. The molecule has 0 amide bonds. The number of carbonyl (C=O) groups excluding carboxylic acids is 1. The van der Waals surface area contributed by atoms with E-state index in [0.29, 0.717) is 34.7 Å². The van der Waals surface area contributed by atoms with E-state index in [2.05, 4.69) is 4.98 Å². The minimum Gasteiger partial charge on any atom is -0.488 e. The first-order chi connectivity index (χ1) is 14.2. The molecular formula is C25H16FNO2. The van der Waals surface area contributed by atoms with E-state index >= 15 is 0 Å². The predicted octanol–water partition coefficient (Wildman–Crippen LogP) is 5.67. The Morgan fingerprint density at radius 3 is 2.69 bits per heavy atom. The molecule has 0 aliphatic carbocycles. The normalized spacial score (nSPS) is 13.1. The molecule has 0 unspecified atom stereocenters. The van der Waals surface area contributed by atoms with Gasteiger partial charge in [-0.15, -0.1) is 0 Å². The average Bonchev–Trinajstić information content (AvgIpc) is 2.89. The quantitative estimate of drug-likeness (QED) is 0.449. The van der Waals surface area contributed by atoms with Gasteiger partial charge in [0.15, 0.2) is 5.78 Å². The van der Waals surface area contributed by atoms with E-state index in [1.54, 1.807) is 6.07 Å². The van der Waals surface area contributed by atoms with Gasteiger partial charge < -0.3 is 4.74 Å². The van der Waals surface area contributed by atoms with Gasteiger partial charge in [0, 0.05) is 22.6 Å². The Morgan fingerprint density at radius 1 is 0.897 bits per heavy atom. The summed E-state index contributed by atoms with van der Waals surface area (Å²) in [5, 5.41) is 0.884. The predicted molar refractivity (Wildman–Crippen MR) is 111 cm³/mol. The summed E-state index contributed by atoms with van der Waals surface area (Å²) in [5.74, 6) is 0.237. The first-order valence-electron chi connectivity index (χ1n) is 9.31. The van der Waals surface area contributed by atoms with Crippen LogP contribution in [0.25, 0.3) is 23.1 Å². The van der Waals surface area contributed by atoms with E-state index in [0.717, 1.165) is 16.5 Å². The van der Waals surface area contributed by atoms with Gasteiger partial charge in [-0.2, -0.15) is 0 Å². The van der Waals surface area contributed by atoms with Crippen molar-refractivity contribution in [3.63, 3.8) is 0 Å². The fourth-order valence-electron chi connectivity index (χ4n) is 3.50. The Hall–Kier alpha value is -3.79. The molecule has 140 valence electrons. The molecule has 0 spiro atoms. The molecule has 0 atom stereocenters. The van der Waals surface area contributed by atoms with Crippen molar-refractivity contribution in [1.82, 2.24) is 4.98 Å². The lowest BCUT2D eigenvalue weighted by Crippen LogP contribution is -2.02. The highest BCUT2D eigenvalue weighted by atomic mass is 19.1. The molecule has 3 aromatic carbocycles. The molecule has 0 radical (unpaired) electrons. The number of fused-ring (bicyclic) bond motifs is 3. The van der Waals surface area contributed by atoms with Gasteiger partial charge in [-0.25, -0.2) is 9.37 Å². The fraction of sp³-hybridized carbons (Fsp3) is 0.0400. The third-order valence-electron chi connectivity index (χ3n) is 5.02. The third kappa shape index (κ3) is 3.29. The van der Waals surface area contributed by atoms with Crippen LogP contribution < -0.4 is 4.74 Å². The van der Waals surface area contributed by atoms with Gasteiger partial charge in [-0.3, -0.25) is 4.79 Å². The molecule has 0 saturated carbocycles. The first kappa shape index (κ1) is 17.3. The number of rotatable bonds is 2. The minimum atomic E-state index is -0.310. The van der Waals surface area contributed by atoms with Crippen LogP contribution in [0.15, 0.2) is 72.8 Å². The van der Waals surface area contributed by atoms with Crippen molar-refractivity contribution >= 4 is 28.8 Å². The Bertz CT molecular complexity index is 1290. The molecule has 1 aliphatic heterocycles. The Morgan fingerprint density at radius 2 is 1.76 bits per heavy atom. The van der Waals surface area contributed by atoms with Gasteiger partial charge in [-0.1, -0.05) is 42.5 Å². The van der Waals surface area contributed by atoms with Crippen LogP contribution in [-0.4, -0.2) is 10.8 Å². The second kappa shape index (κ2) is 6.99. The molecule has 0 bridgehead atoms. The summed E-state index contributed by atoms with van der Waals surface area (Å²) >= 11 is 0. The van der Waals surface area contributed by atoms with Gasteiger partial charge in [0.2, 0.25) is 0 Å². The fourth-order valence-corrected chi connectivity index (χ4v) is 3.50. The van der Waals surface area contributed by atoms with Crippen molar-refractivity contribution in [2.45, 2.75) is 6.61 Å². The van der Waals surface area contributed by atoms with Gasteiger partial charge in [0.1, 0.15) is 18.2 Å². The number of nitrogens with zero attached hydrogens (tertiary/aromatic N) is 1. The summed E-state index contributed by atoms with van der Waals surface area (Å²) in [4.78, 5) is 17.5. The number of ether oxygens (including phenoxy) is 1. The van der Waals surface area contributed by atoms with Crippen LogP contribution in [0.5, 0.6) is 5.75 Å². The van der Waals surface area contributed by atoms with Crippen molar-refractivity contribution in [1.29, 1.82) is 0 Å². The lowest BCUT2D eigenvalue weighted by molar-refractivity contribution is 0.103. The maximum Gasteiger partial charge on any atom is 0.197 e. The monoisotopic (exact) mass is 381 g/mol. The van der Waals surface area contributed by atoms with E-state index in [-0.39, 0.29) is 11.6 Å². The largest absolute Gasteiger partial charge is 0.488 e. The molecule has 4 aromatic rings. The van der Waals surface area contributed by atoms with Crippen LogP contribution in [-0.2, 0) is 6.61 Å². The summed E-state index contributed by atoms with van der Waals surface area (Å²) in [5.41, 5.74) is 4.29. The lowest BCUT2D eigenvalue weighted by atomic mass is 9.98. The Labute approximate surface area is 167 Å². The minimum absolute atomic E-state index is 0.0392. The highest BCUT2D eigenvalue weighted by molar-refractivity contribution is 6.12. The molecule has 3 nitrogen and oxygen atoms in total. The molecule has 0 saturated heterocycles. The number of pyridine rings is 1. The highest BCUT2D eigenvalue weighted by Crippen LogP contribution is 2.29. The van der Waals surface area contributed by atoms with Crippen molar-refractivity contribution in [3.8, 4) is 5.75 Å². The maximum absolute atomic E-state index is 13.5. The van der Waals surface area contributed by atoms with Gasteiger partial charge in [-0.05, 0) is 42.0 Å². The van der Waals surface area contributed by atoms with Crippen LogP contribution in [0.4, 0.5) is 4.39 Å². The second-order valence-corrected chi connectivity index (χ2v) is 6.94. The number of ketones is 1. The Balaban J connectivity index is 1.49. The second-order valence-electron chi connectivity index (χ2n) is 6.94. The van der Waals surface area contributed by atoms with E-state index < -0.39 is 0 Å². The van der Waals surface area contributed by atoms with Crippen LogP contribution in [0.1, 0.15) is 32.7 Å². The van der Waals surface area contributed by atoms with Crippen LogP contribution >= 0.6 is 0 Å². The zero-order valence-corrected chi connectivity index (χ0v) is 15.4. The van der Waals surface area contributed by atoms with E-state index in [1.165, 1.54) is 12.1 Å². The molecule has 0 fully saturated rings. The molecule has 0 N–H and O–H groups in total. The van der Waals surface area contributed by atoms with Gasteiger partial charge in [0.25, 0.3) is 0 Å². The number of carbonyl (C=O) groups is 1. The molecule has 1 aliphatic rings. The SMILES string of the molecule is O=C1c2ccccc2COc2ccc(C=Cc3ccc4ccc(F)cc4n3)cc21. The lowest BCUT2D eigenvalue weighted by Gasteiger charge is -2.07. The average molecular weight is 381 g/mol. The van der Waals surface area contributed by atoms with E-state index in [4.69, 9.17) is 4.74 Å². The van der Waals surface area contributed by atoms with Crippen molar-refractivity contribution in [2.24, 2.45) is 0 Å². The smallest absolute Gasteiger partial charge is 0.197 e. The molecule has 29 heavy (non-hydrogen) atoms. The van der Waals surface area contributed by atoms with Crippen LogP contribution in [0.2, 0.25) is 0 Å². The van der Waals surface area contributed by atoms with Crippen molar-refractivity contribution in [3.05, 3.63) is 107 Å².